The van der Waals surface area contributed by atoms with Gasteiger partial charge in [-0.2, -0.15) is 0 Å². The number of hydrogen-bond acceptors (Lipinski definition) is 1. The molecule has 1 aliphatic rings. The third-order valence-electron chi connectivity index (χ3n) is 4.72. The molecule has 3 heteroatoms. The van der Waals surface area contributed by atoms with Crippen LogP contribution in [0.1, 0.15) is 45.1 Å². The highest BCUT2D eigenvalue weighted by Crippen LogP contribution is 2.21. The molecule has 26 heavy (non-hydrogen) atoms. The van der Waals surface area contributed by atoms with Crippen LogP contribution in [-0.4, -0.2) is 11.9 Å². The first-order valence-corrected chi connectivity index (χ1v) is 9.16. The first-order valence-electron chi connectivity index (χ1n) is 9.16. The van der Waals surface area contributed by atoms with Gasteiger partial charge in [-0.1, -0.05) is 56.6 Å². The van der Waals surface area contributed by atoms with E-state index < -0.39 is 0 Å². The number of carbonyl (C=O) groups excluding carboxylic acids is 1. The molecule has 1 aromatic carbocycles. The fourth-order valence-electron chi connectivity index (χ4n) is 2.55. The van der Waals surface area contributed by atoms with E-state index in [0.717, 1.165) is 24.8 Å². The van der Waals surface area contributed by atoms with Crippen molar-refractivity contribution in [2.75, 3.05) is 0 Å². The molecular formula is C23H26FNO. The second kappa shape index (κ2) is 9.77. The van der Waals surface area contributed by atoms with Gasteiger partial charge in [-0.05, 0) is 49.8 Å². The zero-order valence-electron chi connectivity index (χ0n) is 15.5. The fourth-order valence-corrected chi connectivity index (χ4v) is 2.55. The van der Waals surface area contributed by atoms with Crippen LogP contribution >= 0.6 is 0 Å². The number of nitrogens with one attached hydrogen (secondary N) is 1. The number of halogens is 1. The van der Waals surface area contributed by atoms with Crippen LogP contribution in [0.15, 0.2) is 60.2 Å². The summed E-state index contributed by atoms with van der Waals surface area (Å²) in [4.78, 5) is 12.6. The molecule has 0 bridgehead atoms. The van der Waals surface area contributed by atoms with E-state index in [0.29, 0.717) is 17.2 Å². The van der Waals surface area contributed by atoms with Crippen molar-refractivity contribution < 1.29 is 9.18 Å². The largest absolute Gasteiger partial charge is 0.350 e. The van der Waals surface area contributed by atoms with E-state index in [9.17, 15) is 9.18 Å². The van der Waals surface area contributed by atoms with Crippen LogP contribution in [0.3, 0.4) is 0 Å². The quantitative estimate of drug-likeness (QED) is 0.439. The van der Waals surface area contributed by atoms with Gasteiger partial charge in [0.25, 0.3) is 0 Å². The topological polar surface area (TPSA) is 29.1 Å². The van der Waals surface area contributed by atoms with E-state index in [1.807, 2.05) is 13.0 Å². The number of carbonyl (C=O) groups is 1. The predicted octanol–water partition coefficient (Wildman–Crippen LogP) is 4.93. The van der Waals surface area contributed by atoms with E-state index in [1.54, 1.807) is 30.4 Å². The molecule has 0 saturated heterocycles. The predicted molar refractivity (Wildman–Crippen MR) is 105 cm³/mol. The van der Waals surface area contributed by atoms with Crippen LogP contribution in [0.4, 0.5) is 4.39 Å². The van der Waals surface area contributed by atoms with E-state index in [-0.39, 0.29) is 17.6 Å². The van der Waals surface area contributed by atoms with E-state index >= 15 is 0 Å². The molecule has 1 aromatic rings. The van der Waals surface area contributed by atoms with E-state index in [4.69, 9.17) is 0 Å². The summed E-state index contributed by atoms with van der Waals surface area (Å²) in [5, 5.41) is 3.09. The van der Waals surface area contributed by atoms with Crippen molar-refractivity contribution in [3.63, 3.8) is 0 Å². The van der Waals surface area contributed by atoms with Crippen molar-refractivity contribution in [1.29, 1.82) is 0 Å². The SMILES string of the molecule is C=CC(C#Cc1ccccc1F)=CC=C(C(=O)NC1CCC1)C(C)CC. The summed E-state index contributed by atoms with van der Waals surface area (Å²) in [6.07, 6.45) is 9.38. The number of hydrogen-bond donors (Lipinski definition) is 1. The Labute approximate surface area is 155 Å². The van der Waals surface area contributed by atoms with Crippen molar-refractivity contribution in [3.8, 4) is 11.8 Å². The monoisotopic (exact) mass is 351 g/mol. The van der Waals surface area contributed by atoms with Gasteiger partial charge in [0.15, 0.2) is 0 Å². The highest BCUT2D eigenvalue weighted by atomic mass is 19.1. The van der Waals surface area contributed by atoms with Crippen LogP contribution in [-0.2, 0) is 4.79 Å². The van der Waals surface area contributed by atoms with Gasteiger partial charge in [0.05, 0.1) is 5.56 Å². The summed E-state index contributed by atoms with van der Waals surface area (Å²) in [6, 6.07) is 6.70. The maximum absolute atomic E-state index is 13.7. The van der Waals surface area contributed by atoms with Crippen LogP contribution in [0, 0.1) is 23.6 Å². The highest BCUT2D eigenvalue weighted by molar-refractivity contribution is 5.94. The van der Waals surface area contributed by atoms with E-state index in [2.05, 4.69) is 30.7 Å². The minimum absolute atomic E-state index is 0.00854. The van der Waals surface area contributed by atoms with Gasteiger partial charge in [0, 0.05) is 17.2 Å². The molecule has 0 aromatic heterocycles. The third-order valence-corrected chi connectivity index (χ3v) is 4.72. The van der Waals surface area contributed by atoms with Crippen LogP contribution < -0.4 is 5.32 Å². The molecule has 0 radical (unpaired) electrons. The molecule has 1 atom stereocenters. The number of benzene rings is 1. The standard InChI is InChI=1S/C23H26FNO/c1-4-17(3)21(23(26)25-20-10-8-11-20)16-14-18(5-2)13-15-19-9-6-7-12-22(19)24/h5-7,9,12,14,16-17,20H,2,4,8,10-11H2,1,3H3,(H,25,26). The lowest BCUT2D eigenvalue weighted by Crippen LogP contribution is -2.41. The first-order chi connectivity index (χ1) is 12.5. The molecule has 1 amide bonds. The number of allylic oxidation sites excluding steroid dienone is 4. The van der Waals surface area contributed by atoms with Gasteiger partial charge in [0.1, 0.15) is 5.82 Å². The lowest BCUT2D eigenvalue weighted by atomic mass is 9.91. The smallest absolute Gasteiger partial charge is 0.247 e. The Balaban J connectivity index is 2.21. The molecule has 2 rings (SSSR count). The summed E-state index contributed by atoms with van der Waals surface area (Å²) in [5.74, 6) is 5.53. The van der Waals surface area contributed by atoms with Crippen molar-refractivity contribution in [3.05, 3.63) is 71.6 Å². The Morgan fingerprint density at radius 2 is 2.12 bits per heavy atom. The normalized spacial score (nSPS) is 16.1. The third kappa shape index (κ3) is 5.46. The van der Waals surface area contributed by atoms with Gasteiger partial charge < -0.3 is 5.32 Å². The Bertz CT molecular complexity index is 775. The van der Waals surface area contributed by atoms with Gasteiger partial charge >= 0.3 is 0 Å². The molecular weight excluding hydrogens is 325 g/mol. The summed E-state index contributed by atoms with van der Waals surface area (Å²) in [5.41, 5.74) is 1.73. The molecule has 0 aliphatic heterocycles. The summed E-state index contributed by atoms with van der Waals surface area (Å²) >= 11 is 0. The molecule has 0 heterocycles. The fraction of sp³-hybridized carbons (Fsp3) is 0.348. The molecule has 136 valence electrons. The minimum atomic E-state index is -0.348. The van der Waals surface area contributed by atoms with Crippen molar-refractivity contribution in [1.82, 2.24) is 5.32 Å². The van der Waals surface area contributed by atoms with Gasteiger partial charge in [0.2, 0.25) is 5.91 Å². The van der Waals surface area contributed by atoms with Gasteiger partial charge in [-0.3, -0.25) is 4.79 Å². The Kier molecular flexibility index (Phi) is 7.41. The summed E-state index contributed by atoms with van der Waals surface area (Å²) < 4.78 is 13.7. The zero-order chi connectivity index (χ0) is 18.9. The van der Waals surface area contributed by atoms with E-state index in [1.165, 1.54) is 12.5 Å². The van der Waals surface area contributed by atoms with Crippen LogP contribution in [0.5, 0.6) is 0 Å². The second-order valence-corrected chi connectivity index (χ2v) is 6.59. The van der Waals surface area contributed by atoms with Crippen molar-refractivity contribution in [2.24, 2.45) is 5.92 Å². The average Bonchev–Trinajstić information content (AvgIpc) is 2.61. The Hall–Kier alpha value is -2.60. The molecule has 1 fully saturated rings. The highest BCUT2D eigenvalue weighted by Gasteiger charge is 2.22. The Morgan fingerprint density at radius 3 is 2.69 bits per heavy atom. The van der Waals surface area contributed by atoms with Crippen molar-refractivity contribution in [2.45, 2.75) is 45.6 Å². The lowest BCUT2D eigenvalue weighted by molar-refractivity contribution is -0.119. The lowest BCUT2D eigenvalue weighted by Gasteiger charge is -2.27. The maximum Gasteiger partial charge on any atom is 0.247 e. The number of rotatable bonds is 6. The van der Waals surface area contributed by atoms with Crippen molar-refractivity contribution >= 4 is 5.91 Å². The zero-order valence-corrected chi connectivity index (χ0v) is 15.5. The average molecular weight is 351 g/mol. The molecule has 2 nitrogen and oxygen atoms in total. The maximum atomic E-state index is 13.7. The van der Waals surface area contributed by atoms with Gasteiger partial charge in [-0.15, -0.1) is 0 Å². The second-order valence-electron chi connectivity index (χ2n) is 6.59. The number of amides is 1. The Morgan fingerprint density at radius 1 is 1.38 bits per heavy atom. The van der Waals surface area contributed by atoms with Crippen LogP contribution in [0.25, 0.3) is 0 Å². The summed E-state index contributed by atoms with van der Waals surface area (Å²) in [7, 11) is 0. The first kappa shape index (κ1) is 19.7. The molecule has 0 spiro atoms. The van der Waals surface area contributed by atoms with Crippen LogP contribution in [0.2, 0.25) is 0 Å². The summed E-state index contributed by atoms with van der Waals surface area (Å²) in [6.45, 7) is 7.86. The van der Waals surface area contributed by atoms with Gasteiger partial charge in [-0.25, -0.2) is 4.39 Å². The molecule has 1 N–H and O–H groups in total. The molecule has 1 unspecified atom stereocenters. The molecule has 1 aliphatic carbocycles. The minimum Gasteiger partial charge on any atom is -0.350 e. The molecule has 1 saturated carbocycles.